The Bertz CT molecular complexity index is 413. The number of H-pyrrole nitrogens is 1. The molecule has 1 aromatic heterocycles. The highest BCUT2D eigenvalue weighted by molar-refractivity contribution is 5.86. The van der Waals surface area contributed by atoms with Gasteiger partial charge in [-0.3, -0.25) is 10.00 Å². The van der Waals surface area contributed by atoms with Crippen molar-refractivity contribution in [2.24, 2.45) is 0 Å². The van der Waals surface area contributed by atoms with E-state index >= 15 is 0 Å². The molecule has 0 aromatic carbocycles. The number of aromatic carboxylic acids is 1. The molecule has 0 amide bonds. The van der Waals surface area contributed by atoms with Gasteiger partial charge in [-0.1, -0.05) is 19.3 Å². The van der Waals surface area contributed by atoms with Crippen LogP contribution in [0.25, 0.3) is 0 Å². The monoisotopic (exact) mass is 267 g/mol. The lowest BCUT2D eigenvalue weighted by Gasteiger charge is -2.33. The van der Waals surface area contributed by atoms with Crippen LogP contribution in [0.2, 0.25) is 0 Å². The van der Waals surface area contributed by atoms with Crippen LogP contribution in [0.4, 0.5) is 0 Å². The normalized spacial score (nSPS) is 16.9. The first-order valence-corrected chi connectivity index (χ1v) is 6.83. The second-order valence-electron chi connectivity index (χ2n) is 5.06. The van der Waals surface area contributed by atoms with Gasteiger partial charge in [0.1, 0.15) is 5.69 Å². The summed E-state index contributed by atoms with van der Waals surface area (Å²) < 4.78 is 0. The molecule has 6 heteroatoms. The van der Waals surface area contributed by atoms with Gasteiger partial charge >= 0.3 is 5.97 Å². The lowest BCUT2D eigenvalue weighted by atomic mass is 9.94. The first-order chi connectivity index (χ1) is 9.22. The number of rotatable bonds is 6. The van der Waals surface area contributed by atoms with Crippen LogP contribution in [0.3, 0.4) is 0 Å². The standard InChI is InChI=1S/C13H21N3O3/c17-7-6-16(11-4-2-1-3-5-11)9-10-8-14-15-12(10)13(18)19/h8,11,17H,1-7,9H2,(H,14,15)(H,18,19). The SMILES string of the molecule is O=C(O)c1[nH]ncc1CN(CCO)C1CCCCC1. The predicted octanol–water partition coefficient (Wildman–Crippen LogP) is 1.23. The summed E-state index contributed by atoms with van der Waals surface area (Å²) in [5, 5.41) is 24.6. The van der Waals surface area contributed by atoms with Crippen LogP contribution >= 0.6 is 0 Å². The second kappa shape index (κ2) is 6.68. The molecule has 1 aliphatic carbocycles. The summed E-state index contributed by atoms with van der Waals surface area (Å²) in [5.74, 6) is -0.986. The van der Waals surface area contributed by atoms with Gasteiger partial charge in [-0.2, -0.15) is 5.10 Å². The molecule has 1 aromatic rings. The fraction of sp³-hybridized carbons (Fsp3) is 0.692. The Morgan fingerprint density at radius 1 is 1.42 bits per heavy atom. The van der Waals surface area contributed by atoms with Crippen LogP contribution in [0, 0.1) is 0 Å². The van der Waals surface area contributed by atoms with E-state index in [-0.39, 0.29) is 12.3 Å². The van der Waals surface area contributed by atoms with Gasteiger partial charge in [0.2, 0.25) is 0 Å². The first-order valence-electron chi connectivity index (χ1n) is 6.83. The molecule has 0 bridgehead atoms. The average Bonchev–Trinajstić information content (AvgIpc) is 2.88. The number of hydrogen-bond donors (Lipinski definition) is 3. The zero-order valence-corrected chi connectivity index (χ0v) is 11.0. The largest absolute Gasteiger partial charge is 0.477 e. The number of aromatic amines is 1. The predicted molar refractivity (Wildman–Crippen MR) is 69.9 cm³/mol. The molecule has 1 saturated carbocycles. The zero-order valence-electron chi connectivity index (χ0n) is 11.0. The summed E-state index contributed by atoms with van der Waals surface area (Å²) >= 11 is 0. The van der Waals surface area contributed by atoms with Gasteiger partial charge in [0.15, 0.2) is 0 Å². The van der Waals surface area contributed by atoms with Crippen LogP contribution in [-0.4, -0.2) is 50.5 Å². The number of nitrogens with one attached hydrogen (secondary N) is 1. The van der Waals surface area contributed by atoms with Gasteiger partial charge in [-0.25, -0.2) is 4.79 Å². The number of carboxylic acid groups (broad SMARTS) is 1. The summed E-state index contributed by atoms with van der Waals surface area (Å²) in [4.78, 5) is 13.2. The molecule has 1 aliphatic rings. The Kier molecular flexibility index (Phi) is 4.93. The van der Waals surface area contributed by atoms with Crippen LogP contribution in [-0.2, 0) is 6.54 Å². The maximum atomic E-state index is 11.1. The van der Waals surface area contributed by atoms with Crippen LogP contribution < -0.4 is 0 Å². The molecular formula is C13H21N3O3. The third-order valence-corrected chi connectivity index (χ3v) is 3.78. The number of carbonyl (C=O) groups is 1. The van der Waals surface area contributed by atoms with Crippen LogP contribution in [0.1, 0.15) is 48.2 Å². The Hall–Kier alpha value is -1.40. The van der Waals surface area contributed by atoms with Crippen molar-refractivity contribution in [3.63, 3.8) is 0 Å². The minimum absolute atomic E-state index is 0.0940. The maximum Gasteiger partial charge on any atom is 0.354 e. The van der Waals surface area contributed by atoms with E-state index < -0.39 is 5.97 Å². The second-order valence-corrected chi connectivity index (χ2v) is 5.06. The fourth-order valence-corrected chi connectivity index (χ4v) is 2.80. The van der Waals surface area contributed by atoms with E-state index in [4.69, 9.17) is 5.11 Å². The van der Waals surface area contributed by atoms with Crippen molar-refractivity contribution < 1.29 is 15.0 Å². The van der Waals surface area contributed by atoms with Crippen molar-refractivity contribution in [1.29, 1.82) is 0 Å². The Balaban J connectivity index is 2.06. The fourth-order valence-electron chi connectivity index (χ4n) is 2.80. The molecule has 1 fully saturated rings. The Labute approximate surface area is 112 Å². The van der Waals surface area contributed by atoms with Gasteiger partial charge in [0.25, 0.3) is 0 Å². The first kappa shape index (κ1) is 14.0. The van der Waals surface area contributed by atoms with Gasteiger partial charge < -0.3 is 10.2 Å². The van der Waals surface area contributed by atoms with Crippen molar-refractivity contribution >= 4 is 5.97 Å². The molecule has 106 valence electrons. The molecule has 0 aliphatic heterocycles. The van der Waals surface area contributed by atoms with Crippen molar-refractivity contribution in [3.05, 3.63) is 17.5 Å². The van der Waals surface area contributed by atoms with Gasteiger partial charge in [0, 0.05) is 24.7 Å². The highest BCUT2D eigenvalue weighted by atomic mass is 16.4. The van der Waals surface area contributed by atoms with Crippen LogP contribution in [0.15, 0.2) is 6.20 Å². The lowest BCUT2D eigenvalue weighted by molar-refractivity contribution is 0.0685. The summed E-state index contributed by atoms with van der Waals surface area (Å²) in [6.45, 7) is 1.20. The molecule has 0 atom stereocenters. The van der Waals surface area contributed by atoms with Crippen molar-refractivity contribution in [2.45, 2.75) is 44.7 Å². The number of aliphatic hydroxyl groups is 1. The highest BCUT2D eigenvalue weighted by Crippen LogP contribution is 2.24. The van der Waals surface area contributed by atoms with Crippen LogP contribution in [0.5, 0.6) is 0 Å². The molecule has 19 heavy (non-hydrogen) atoms. The van der Waals surface area contributed by atoms with E-state index in [1.165, 1.54) is 19.3 Å². The summed E-state index contributed by atoms with van der Waals surface area (Å²) in [6.07, 6.45) is 7.51. The number of aromatic nitrogens is 2. The molecule has 1 heterocycles. The van der Waals surface area contributed by atoms with Crippen molar-refractivity contribution in [2.75, 3.05) is 13.2 Å². The highest BCUT2D eigenvalue weighted by Gasteiger charge is 2.23. The van der Waals surface area contributed by atoms with E-state index in [1.54, 1.807) is 6.20 Å². The molecule has 2 rings (SSSR count). The lowest BCUT2D eigenvalue weighted by Crippen LogP contribution is -2.38. The summed E-state index contributed by atoms with van der Waals surface area (Å²) in [5.41, 5.74) is 0.838. The molecule has 0 spiro atoms. The molecule has 6 nitrogen and oxygen atoms in total. The minimum atomic E-state index is -0.986. The number of nitrogens with zero attached hydrogens (tertiary/aromatic N) is 2. The van der Waals surface area contributed by atoms with E-state index in [1.807, 2.05) is 0 Å². The summed E-state index contributed by atoms with van der Waals surface area (Å²) in [7, 11) is 0. The molecule has 0 unspecified atom stereocenters. The topological polar surface area (TPSA) is 89.4 Å². The van der Waals surface area contributed by atoms with Crippen molar-refractivity contribution in [3.8, 4) is 0 Å². The van der Waals surface area contributed by atoms with E-state index in [0.29, 0.717) is 24.7 Å². The third-order valence-electron chi connectivity index (χ3n) is 3.78. The van der Waals surface area contributed by atoms with E-state index in [0.717, 1.165) is 12.8 Å². The number of hydrogen-bond acceptors (Lipinski definition) is 4. The summed E-state index contributed by atoms with van der Waals surface area (Å²) in [6, 6.07) is 0.442. The van der Waals surface area contributed by atoms with E-state index in [9.17, 15) is 9.90 Å². The average molecular weight is 267 g/mol. The minimum Gasteiger partial charge on any atom is -0.477 e. The number of carboxylic acids is 1. The number of aliphatic hydroxyl groups excluding tert-OH is 1. The third kappa shape index (κ3) is 3.54. The zero-order chi connectivity index (χ0) is 13.7. The van der Waals surface area contributed by atoms with Gasteiger partial charge in [0.05, 0.1) is 12.8 Å². The Morgan fingerprint density at radius 3 is 2.79 bits per heavy atom. The smallest absolute Gasteiger partial charge is 0.354 e. The van der Waals surface area contributed by atoms with Crippen molar-refractivity contribution in [1.82, 2.24) is 15.1 Å². The maximum absolute atomic E-state index is 11.1. The van der Waals surface area contributed by atoms with Gasteiger partial charge in [-0.05, 0) is 12.8 Å². The Morgan fingerprint density at radius 2 is 2.16 bits per heavy atom. The molecular weight excluding hydrogens is 246 g/mol. The van der Waals surface area contributed by atoms with E-state index in [2.05, 4.69) is 15.1 Å². The molecule has 0 radical (unpaired) electrons. The molecule has 3 N–H and O–H groups in total. The van der Waals surface area contributed by atoms with Gasteiger partial charge in [-0.15, -0.1) is 0 Å². The quantitative estimate of drug-likeness (QED) is 0.721. The molecule has 0 saturated heterocycles.